The predicted molar refractivity (Wildman–Crippen MR) is 144 cm³/mol. The van der Waals surface area contributed by atoms with E-state index in [9.17, 15) is 4.79 Å². The monoisotopic (exact) mass is 529 g/mol. The van der Waals surface area contributed by atoms with Crippen LogP contribution in [-0.4, -0.2) is 95.8 Å². The number of benzene rings is 1. The number of aryl methyl sites for hydroxylation is 1. The third-order valence-corrected chi connectivity index (χ3v) is 6.10. The van der Waals surface area contributed by atoms with Crippen molar-refractivity contribution < 1.29 is 23.7 Å². The molecule has 12 heteroatoms. The number of methoxy groups -OCH3 is 1. The molecule has 38 heavy (non-hydrogen) atoms. The van der Waals surface area contributed by atoms with Crippen LogP contribution < -0.4 is 20.1 Å². The zero-order valence-electron chi connectivity index (χ0n) is 23.0. The SMILES string of the molecule is COc1cc2c(cc1OCCN1CCOCC1)nc(NCCCCNC(=O)OC(C)(C)C)c1nnc(C)n12. The maximum absolute atomic E-state index is 11.8. The van der Waals surface area contributed by atoms with Crippen LogP contribution in [0.1, 0.15) is 39.4 Å². The van der Waals surface area contributed by atoms with Crippen LogP contribution >= 0.6 is 0 Å². The molecule has 1 fully saturated rings. The highest BCUT2D eigenvalue weighted by atomic mass is 16.6. The average molecular weight is 530 g/mol. The minimum absolute atomic E-state index is 0.402. The number of anilines is 1. The van der Waals surface area contributed by atoms with E-state index in [4.69, 9.17) is 23.9 Å². The second kappa shape index (κ2) is 12.4. The lowest BCUT2D eigenvalue weighted by Crippen LogP contribution is -2.38. The Hall–Kier alpha value is -3.38. The number of hydrogen-bond donors (Lipinski definition) is 2. The number of nitrogens with one attached hydrogen (secondary N) is 2. The van der Waals surface area contributed by atoms with E-state index >= 15 is 0 Å². The van der Waals surface area contributed by atoms with Crippen molar-refractivity contribution in [3.63, 3.8) is 0 Å². The summed E-state index contributed by atoms with van der Waals surface area (Å²) in [6.07, 6.45) is 1.22. The van der Waals surface area contributed by atoms with E-state index in [1.807, 2.05) is 44.2 Å². The minimum Gasteiger partial charge on any atom is -0.493 e. The van der Waals surface area contributed by atoms with E-state index in [2.05, 4.69) is 25.7 Å². The third kappa shape index (κ3) is 7.13. The summed E-state index contributed by atoms with van der Waals surface area (Å²) in [5.74, 6) is 2.67. The normalized spacial score (nSPS) is 14.6. The summed E-state index contributed by atoms with van der Waals surface area (Å²) < 4.78 is 24.4. The van der Waals surface area contributed by atoms with Crippen LogP contribution in [0.4, 0.5) is 10.6 Å². The van der Waals surface area contributed by atoms with Gasteiger partial charge in [-0.05, 0) is 40.5 Å². The van der Waals surface area contributed by atoms with Crippen molar-refractivity contribution in [3.05, 3.63) is 18.0 Å². The summed E-state index contributed by atoms with van der Waals surface area (Å²) in [6, 6.07) is 3.82. The van der Waals surface area contributed by atoms with Gasteiger partial charge in [0.2, 0.25) is 5.65 Å². The molecule has 1 aliphatic rings. The molecule has 0 aliphatic carbocycles. The highest BCUT2D eigenvalue weighted by Gasteiger charge is 2.18. The minimum atomic E-state index is -0.507. The molecule has 0 radical (unpaired) electrons. The van der Waals surface area contributed by atoms with Crippen molar-refractivity contribution in [3.8, 4) is 11.5 Å². The van der Waals surface area contributed by atoms with E-state index in [0.29, 0.717) is 42.7 Å². The molecule has 208 valence electrons. The van der Waals surface area contributed by atoms with Crippen LogP contribution in [0.5, 0.6) is 11.5 Å². The summed E-state index contributed by atoms with van der Waals surface area (Å²) in [5, 5.41) is 14.8. The number of unbranched alkanes of at least 4 members (excludes halogenated alkanes) is 1. The van der Waals surface area contributed by atoms with Gasteiger partial charge in [0.05, 0.1) is 31.4 Å². The van der Waals surface area contributed by atoms with Gasteiger partial charge >= 0.3 is 6.09 Å². The fourth-order valence-electron chi connectivity index (χ4n) is 4.24. The van der Waals surface area contributed by atoms with Crippen molar-refractivity contribution >= 4 is 28.6 Å². The lowest BCUT2D eigenvalue weighted by Gasteiger charge is -2.26. The number of nitrogens with zero attached hydrogens (tertiary/aromatic N) is 5. The van der Waals surface area contributed by atoms with E-state index in [-0.39, 0.29) is 0 Å². The van der Waals surface area contributed by atoms with Crippen LogP contribution in [-0.2, 0) is 9.47 Å². The Balaban J connectivity index is 1.42. The fourth-order valence-corrected chi connectivity index (χ4v) is 4.24. The molecule has 1 aliphatic heterocycles. The fraction of sp³-hybridized carbons (Fsp3) is 0.615. The molecule has 0 unspecified atom stereocenters. The van der Waals surface area contributed by atoms with E-state index in [1.165, 1.54) is 0 Å². The Morgan fingerprint density at radius 1 is 1.11 bits per heavy atom. The number of carbonyl (C=O) groups is 1. The zero-order valence-corrected chi connectivity index (χ0v) is 23.0. The average Bonchev–Trinajstić information content (AvgIpc) is 3.27. The Bertz CT molecular complexity index is 1230. The number of hydrogen-bond acceptors (Lipinski definition) is 10. The molecule has 0 saturated carbocycles. The second-order valence-corrected chi connectivity index (χ2v) is 10.2. The van der Waals surface area contributed by atoms with Crippen molar-refractivity contribution in [1.82, 2.24) is 29.8 Å². The molecule has 0 bridgehead atoms. The molecule has 1 amide bonds. The highest BCUT2D eigenvalue weighted by Crippen LogP contribution is 2.33. The molecule has 4 rings (SSSR count). The molecule has 0 spiro atoms. The molecule has 1 aromatic carbocycles. The first kappa shape index (κ1) is 27.6. The Morgan fingerprint density at radius 2 is 1.87 bits per heavy atom. The maximum atomic E-state index is 11.8. The largest absolute Gasteiger partial charge is 0.493 e. The lowest BCUT2D eigenvalue weighted by atomic mass is 10.2. The predicted octanol–water partition coefficient (Wildman–Crippen LogP) is 3.02. The standard InChI is InChI=1S/C26H39N7O5/c1-18-30-31-24-23(27-8-6-7-9-28-25(34)38-26(2,3)4)29-19-16-22(21(35-5)17-20(19)33(18)24)37-15-12-32-10-13-36-14-11-32/h16-17H,6-15H2,1-5H3,(H,27,29)(H,28,34). The van der Waals surface area contributed by atoms with Crippen molar-refractivity contribution in [2.75, 3.05) is 65.0 Å². The molecule has 2 aromatic heterocycles. The highest BCUT2D eigenvalue weighted by molar-refractivity contribution is 5.85. The Kier molecular flexibility index (Phi) is 9.05. The number of fused-ring (bicyclic) bond motifs is 3. The van der Waals surface area contributed by atoms with Crippen LogP contribution in [0, 0.1) is 6.92 Å². The molecule has 0 atom stereocenters. The van der Waals surface area contributed by atoms with Gasteiger partial charge in [0.15, 0.2) is 17.3 Å². The number of aromatic nitrogens is 4. The van der Waals surface area contributed by atoms with Crippen molar-refractivity contribution in [2.45, 2.75) is 46.1 Å². The zero-order chi connectivity index (χ0) is 27.1. The Morgan fingerprint density at radius 3 is 2.61 bits per heavy atom. The third-order valence-electron chi connectivity index (χ3n) is 6.10. The van der Waals surface area contributed by atoms with Crippen LogP contribution in [0.2, 0.25) is 0 Å². The summed E-state index contributed by atoms with van der Waals surface area (Å²) in [7, 11) is 1.63. The first-order chi connectivity index (χ1) is 18.2. The maximum Gasteiger partial charge on any atom is 0.407 e. The van der Waals surface area contributed by atoms with Crippen LogP contribution in [0.25, 0.3) is 16.7 Å². The summed E-state index contributed by atoms with van der Waals surface area (Å²) >= 11 is 0. The number of alkyl carbamates (subject to hydrolysis) is 1. The van der Waals surface area contributed by atoms with Gasteiger partial charge < -0.3 is 29.6 Å². The van der Waals surface area contributed by atoms with E-state index in [1.54, 1.807) is 7.11 Å². The van der Waals surface area contributed by atoms with Gasteiger partial charge in [0.25, 0.3) is 0 Å². The van der Waals surface area contributed by atoms with Gasteiger partial charge in [-0.3, -0.25) is 9.30 Å². The summed E-state index contributed by atoms with van der Waals surface area (Å²) in [4.78, 5) is 19.0. The number of ether oxygens (including phenoxy) is 4. The van der Waals surface area contributed by atoms with E-state index < -0.39 is 11.7 Å². The number of carbonyl (C=O) groups excluding carboxylic acids is 1. The van der Waals surface area contributed by atoms with Gasteiger partial charge in [0, 0.05) is 44.9 Å². The molecule has 1 saturated heterocycles. The first-order valence-corrected chi connectivity index (χ1v) is 13.1. The van der Waals surface area contributed by atoms with Gasteiger partial charge in [-0.25, -0.2) is 9.78 Å². The molecule has 12 nitrogen and oxygen atoms in total. The lowest BCUT2D eigenvalue weighted by molar-refractivity contribution is 0.0321. The molecular weight excluding hydrogens is 490 g/mol. The molecule has 2 N–H and O–H groups in total. The summed E-state index contributed by atoms with van der Waals surface area (Å²) in [5.41, 5.74) is 1.72. The second-order valence-electron chi connectivity index (χ2n) is 10.2. The number of morpholine rings is 1. The summed E-state index contributed by atoms with van der Waals surface area (Å²) in [6.45, 7) is 13.3. The van der Waals surface area contributed by atoms with Crippen molar-refractivity contribution in [2.24, 2.45) is 0 Å². The Labute approximate surface area is 223 Å². The van der Waals surface area contributed by atoms with Gasteiger partial charge in [-0.2, -0.15) is 0 Å². The number of amides is 1. The number of rotatable bonds is 11. The first-order valence-electron chi connectivity index (χ1n) is 13.1. The topological polar surface area (TPSA) is 124 Å². The van der Waals surface area contributed by atoms with Crippen molar-refractivity contribution in [1.29, 1.82) is 0 Å². The van der Waals surface area contributed by atoms with Gasteiger partial charge in [0.1, 0.15) is 18.0 Å². The van der Waals surface area contributed by atoms with Crippen LogP contribution in [0.15, 0.2) is 12.1 Å². The van der Waals surface area contributed by atoms with E-state index in [0.717, 1.165) is 62.5 Å². The molecule has 3 heterocycles. The molecular formula is C26H39N7O5. The van der Waals surface area contributed by atoms with Gasteiger partial charge in [-0.1, -0.05) is 0 Å². The molecule has 3 aromatic rings. The smallest absolute Gasteiger partial charge is 0.407 e. The van der Waals surface area contributed by atoms with Gasteiger partial charge in [-0.15, -0.1) is 10.2 Å². The van der Waals surface area contributed by atoms with Crippen LogP contribution in [0.3, 0.4) is 0 Å². The quantitative estimate of drug-likeness (QED) is 0.358.